The van der Waals surface area contributed by atoms with Crippen LogP contribution in [0.2, 0.25) is 0 Å². The smallest absolute Gasteiger partial charge is 0.485 e. The Morgan fingerprint density at radius 3 is 2.25 bits per heavy atom. The average molecular weight is 437 g/mol. The summed E-state index contributed by atoms with van der Waals surface area (Å²) in [6.07, 6.45) is 6.34. The molecule has 0 aromatic heterocycles. The van der Waals surface area contributed by atoms with E-state index in [9.17, 15) is 13.2 Å². The minimum Gasteiger partial charge on any atom is -0.741 e. The molecular weight excluding hydrogens is 409 g/mol. The lowest BCUT2D eigenvalue weighted by Crippen LogP contribution is -2.36. The van der Waals surface area contributed by atoms with Crippen molar-refractivity contribution in [2.24, 2.45) is 11.8 Å². The SMILES string of the molecule is C=Cc1ccc(C[S+]2[C@@H]3C[C@@H](CC[C@H]3C)C2(C)C)cc1.O=S(=O)([O-])C(F)(F)F. The number of fused-ring (bicyclic) bond motifs is 2. The second-order valence-electron chi connectivity index (χ2n) is 8.05. The third kappa shape index (κ3) is 5.13. The molecule has 0 radical (unpaired) electrons. The maximum atomic E-state index is 10.7. The second-order valence-corrected chi connectivity index (χ2v) is 12.2. The molecule has 1 aliphatic carbocycles. The average Bonchev–Trinajstić information content (AvgIpc) is 2.79. The van der Waals surface area contributed by atoms with Gasteiger partial charge in [0, 0.05) is 34.7 Å². The zero-order valence-electron chi connectivity index (χ0n) is 16.3. The summed E-state index contributed by atoms with van der Waals surface area (Å²) in [7, 11) is -5.55. The van der Waals surface area contributed by atoms with Crippen LogP contribution in [0.1, 0.15) is 51.2 Å². The van der Waals surface area contributed by atoms with Crippen LogP contribution < -0.4 is 0 Å². The minimum atomic E-state index is -6.09. The molecule has 2 aliphatic rings. The lowest BCUT2D eigenvalue weighted by atomic mass is 9.78. The maximum absolute atomic E-state index is 10.7. The van der Waals surface area contributed by atoms with Crippen molar-refractivity contribution in [3.63, 3.8) is 0 Å². The molecule has 1 unspecified atom stereocenters. The number of rotatable bonds is 3. The normalized spacial score (nSPS) is 29.0. The minimum absolute atomic E-state index is 0.542. The predicted octanol–water partition coefficient (Wildman–Crippen LogP) is 5.10. The summed E-state index contributed by atoms with van der Waals surface area (Å²) in [6.45, 7) is 11.4. The predicted molar refractivity (Wildman–Crippen MR) is 108 cm³/mol. The molecule has 1 heterocycles. The van der Waals surface area contributed by atoms with Crippen molar-refractivity contribution in [1.29, 1.82) is 0 Å². The molecule has 2 bridgehead atoms. The fourth-order valence-corrected chi connectivity index (χ4v) is 7.86. The third-order valence-corrected chi connectivity index (χ3v) is 10.3. The largest absolute Gasteiger partial charge is 0.741 e. The molecule has 28 heavy (non-hydrogen) atoms. The first-order valence-corrected chi connectivity index (χ1v) is 12.1. The summed E-state index contributed by atoms with van der Waals surface area (Å²) in [4.78, 5) is 0. The van der Waals surface area contributed by atoms with E-state index in [0.29, 0.717) is 15.6 Å². The molecule has 1 aromatic carbocycles. The molecule has 0 amide bonds. The number of benzene rings is 1. The summed E-state index contributed by atoms with van der Waals surface area (Å²) < 4.78 is 59.5. The second kappa shape index (κ2) is 8.40. The summed E-state index contributed by atoms with van der Waals surface area (Å²) in [5, 5.41) is 0.975. The van der Waals surface area contributed by atoms with Gasteiger partial charge in [0.2, 0.25) is 0 Å². The van der Waals surface area contributed by atoms with Crippen LogP contribution in [0.4, 0.5) is 13.2 Å². The van der Waals surface area contributed by atoms with Crippen LogP contribution in [-0.2, 0) is 26.8 Å². The first kappa shape index (κ1) is 23.3. The molecule has 0 spiro atoms. The highest BCUT2D eigenvalue weighted by molar-refractivity contribution is 7.98. The van der Waals surface area contributed by atoms with E-state index >= 15 is 0 Å². The Kier molecular flexibility index (Phi) is 6.99. The van der Waals surface area contributed by atoms with Gasteiger partial charge in [-0.05, 0) is 32.3 Å². The Labute approximate surface area is 168 Å². The Morgan fingerprint density at radius 1 is 1.25 bits per heavy atom. The van der Waals surface area contributed by atoms with Crippen LogP contribution in [0.15, 0.2) is 30.8 Å². The molecule has 3 nitrogen and oxygen atoms in total. The zero-order valence-corrected chi connectivity index (χ0v) is 18.0. The molecule has 4 atom stereocenters. The Hall–Kier alpha value is -0.990. The number of hydrogen-bond acceptors (Lipinski definition) is 3. The molecule has 3 rings (SSSR count). The van der Waals surface area contributed by atoms with E-state index in [1.54, 1.807) is 0 Å². The van der Waals surface area contributed by atoms with E-state index in [1.165, 1.54) is 36.1 Å². The van der Waals surface area contributed by atoms with Gasteiger partial charge in [-0.1, -0.05) is 43.8 Å². The first-order chi connectivity index (χ1) is 12.8. The van der Waals surface area contributed by atoms with Gasteiger partial charge < -0.3 is 4.55 Å². The van der Waals surface area contributed by atoms with Crippen LogP contribution in [0.3, 0.4) is 0 Å². The standard InChI is InChI=1S/C19H27S.CHF3O3S/c1-5-15-7-9-16(10-8-15)13-20-18-12-17(19(20,3)4)11-6-14(18)2;2-1(3,4)8(5,6)7/h5,7-10,14,17-18H,1,6,11-13H2,2-4H3;(H,5,6,7)/q+1;/p-1/t14-,17-,18-,20?;/m1./s1. The number of halogens is 3. The van der Waals surface area contributed by atoms with Crippen molar-refractivity contribution in [1.82, 2.24) is 0 Å². The van der Waals surface area contributed by atoms with Gasteiger partial charge in [0.1, 0.15) is 15.7 Å². The third-order valence-electron chi connectivity index (χ3n) is 5.97. The molecule has 0 N–H and O–H groups in total. The summed E-state index contributed by atoms with van der Waals surface area (Å²) in [5.74, 6) is 3.19. The van der Waals surface area contributed by atoms with E-state index in [2.05, 4.69) is 51.6 Å². The van der Waals surface area contributed by atoms with Gasteiger partial charge in [-0.2, -0.15) is 13.2 Å². The van der Waals surface area contributed by atoms with Crippen molar-refractivity contribution in [3.05, 3.63) is 42.0 Å². The number of alkyl halides is 3. The molecule has 158 valence electrons. The zero-order chi connectivity index (χ0) is 21.3. The van der Waals surface area contributed by atoms with Crippen LogP contribution >= 0.6 is 0 Å². The van der Waals surface area contributed by atoms with E-state index in [-0.39, 0.29) is 0 Å². The highest BCUT2D eigenvalue weighted by Crippen LogP contribution is 2.53. The van der Waals surface area contributed by atoms with Gasteiger partial charge in [-0.15, -0.1) is 0 Å². The maximum Gasteiger partial charge on any atom is 0.485 e. The molecule has 2 fully saturated rings. The Morgan fingerprint density at radius 2 is 1.79 bits per heavy atom. The Balaban J connectivity index is 0.000000300. The van der Waals surface area contributed by atoms with E-state index in [4.69, 9.17) is 13.0 Å². The van der Waals surface area contributed by atoms with E-state index < -0.39 is 15.6 Å². The van der Waals surface area contributed by atoms with Crippen molar-refractivity contribution in [2.45, 2.75) is 61.3 Å². The van der Waals surface area contributed by atoms with Crippen LogP contribution in [0.25, 0.3) is 6.08 Å². The van der Waals surface area contributed by atoms with Gasteiger partial charge in [0.25, 0.3) is 0 Å². The molecule has 1 saturated carbocycles. The van der Waals surface area contributed by atoms with Crippen LogP contribution in [0, 0.1) is 11.8 Å². The van der Waals surface area contributed by atoms with Crippen LogP contribution in [0.5, 0.6) is 0 Å². The van der Waals surface area contributed by atoms with Crippen molar-refractivity contribution in [3.8, 4) is 0 Å². The Bertz CT molecular complexity index is 786. The van der Waals surface area contributed by atoms with Gasteiger partial charge in [0.05, 0.1) is 0 Å². The molecule has 1 aliphatic heterocycles. The fraction of sp³-hybridized carbons (Fsp3) is 0.600. The van der Waals surface area contributed by atoms with Crippen LogP contribution in [-0.4, -0.2) is 28.5 Å². The van der Waals surface area contributed by atoms with Gasteiger partial charge in [0.15, 0.2) is 10.1 Å². The van der Waals surface area contributed by atoms with E-state index in [1.807, 2.05) is 6.08 Å². The molecule has 1 aromatic rings. The highest BCUT2D eigenvalue weighted by Gasteiger charge is 2.60. The quantitative estimate of drug-likeness (QED) is 0.376. The lowest BCUT2D eigenvalue weighted by molar-refractivity contribution is -0.0517. The summed E-state index contributed by atoms with van der Waals surface area (Å²) in [6, 6.07) is 9.05. The monoisotopic (exact) mass is 436 g/mol. The van der Waals surface area contributed by atoms with Gasteiger partial charge in [-0.25, -0.2) is 8.42 Å². The van der Waals surface area contributed by atoms with Crippen molar-refractivity contribution < 1.29 is 26.1 Å². The molecule has 8 heteroatoms. The van der Waals surface area contributed by atoms with Crippen molar-refractivity contribution >= 4 is 27.1 Å². The van der Waals surface area contributed by atoms with Gasteiger partial charge >= 0.3 is 5.51 Å². The topological polar surface area (TPSA) is 57.2 Å². The summed E-state index contributed by atoms with van der Waals surface area (Å²) >= 11 is 0. The molecular formula is C20H27F3O3S2. The first-order valence-electron chi connectivity index (χ1n) is 9.20. The van der Waals surface area contributed by atoms with E-state index in [0.717, 1.165) is 17.1 Å². The molecule has 1 saturated heterocycles. The highest BCUT2D eigenvalue weighted by atomic mass is 32.2. The number of hydrogen-bond donors (Lipinski definition) is 0. The lowest BCUT2D eigenvalue weighted by Gasteiger charge is -2.24. The summed E-state index contributed by atoms with van der Waals surface area (Å²) in [5.41, 5.74) is -2.89. The van der Waals surface area contributed by atoms with Crippen molar-refractivity contribution in [2.75, 3.05) is 0 Å². The van der Waals surface area contributed by atoms with Gasteiger partial charge in [-0.3, -0.25) is 0 Å². The fourth-order valence-electron chi connectivity index (χ4n) is 4.14.